The van der Waals surface area contributed by atoms with Crippen molar-refractivity contribution in [2.45, 2.75) is 11.4 Å². The van der Waals surface area contributed by atoms with Crippen LogP contribution in [0.1, 0.15) is 5.56 Å². The second kappa shape index (κ2) is 5.68. The molecule has 2 aromatic carbocycles. The standard InChI is InChI=1S/C14H13F2NO2S/c1-17(10-11-6-2-3-7-12(11)15)20(18,19)14-9-5-4-8-13(14)16/h2-9H,10H2,1H3. The molecule has 3 nitrogen and oxygen atoms in total. The fourth-order valence-corrected chi connectivity index (χ4v) is 2.98. The highest BCUT2D eigenvalue weighted by molar-refractivity contribution is 7.89. The number of halogens is 2. The zero-order valence-electron chi connectivity index (χ0n) is 10.8. The largest absolute Gasteiger partial charge is 0.246 e. The van der Waals surface area contributed by atoms with Gasteiger partial charge in [-0.2, -0.15) is 4.31 Å². The van der Waals surface area contributed by atoms with Crippen LogP contribution in [0.25, 0.3) is 0 Å². The van der Waals surface area contributed by atoms with Crippen LogP contribution in [0.4, 0.5) is 8.78 Å². The molecule has 0 N–H and O–H groups in total. The van der Waals surface area contributed by atoms with Crippen molar-refractivity contribution in [1.29, 1.82) is 0 Å². The van der Waals surface area contributed by atoms with E-state index in [0.29, 0.717) is 0 Å². The SMILES string of the molecule is CN(Cc1ccccc1F)S(=O)(=O)c1ccccc1F. The first-order valence-electron chi connectivity index (χ1n) is 5.87. The van der Waals surface area contributed by atoms with Crippen LogP contribution in [-0.4, -0.2) is 19.8 Å². The highest BCUT2D eigenvalue weighted by Crippen LogP contribution is 2.20. The summed E-state index contributed by atoms with van der Waals surface area (Å²) in [6.07, 6.45) is 0. The molecule has 0 aromatic heterocycles. The van der Waals surface area contributed by atoms with Gasteiger partial charge in [-0.15, -0.1) is 0 Å². The molecule has 0 unspecified atom stereocenters. The summed E-state index contributed by atoms with van der Waals surface area (Å²) in [5, 5.41) is 0. The maximum Gasteiger partial charge on any atom is 0.246 e. The second-order valence-corrected chi connectivity index (χ2v) is 6.30. The lowest BCUT2D eigenvalue weighted by molar-refractivity contribution is 0.450. The Bertz CT molecular complexity index is 717. The Balaban J connectivity index is 2.31. The van der Waals surface area contributed by atoms with Gasteiger partial charge in [-0.1, -0.05) is 30.3 Å². The van der Waals surface area contributed by atoms with Crippen molar-refractivity contribution >= 4 is 10.0 Å². The molecular formula is C14H13F2NO2S. The monoisotopic (exact) mass is 297 g/mol. The molecule has 6 heteroatoms. The number of hydrogen-bond acceptors (Lipinski definition) is 2. The molecule has 0 saturated carbocycles. The smallest absolute Gasteiger partial charge is 0.207 e. The fraction of sp³-hybridized carbons (Fsp3) is 0.143. The molecular weight excluding hydrogens is 284 g/mol. The Kier molecular flexibility index (Phi) is 4.15. The predicted molar refractivity (Wildman–Crippen MR) is 71.5 cm³/mol. The Morgan fingerprint density at radius 2 is 1.50 bits per heavy atom. The van der Waals surface area contributed by atoms with Crippen LogP contribution in [0, 0.1) is 11.6 Å². The lowest BCUT2D eigenvalue weighted by Crippen LogP contribution is -2.27. The Morgan fingerprint density at radius 1 is 0.950 bits per heavy atom. The second-order valence-electron chi connectivity index (χ2n) is 4.28. The van der Waals surface area contributed by atoms with Crippen molar-refractivity contribution in [2.75, 3.05) is 7.05 Å². The molecule has 0 spiro atoms. The van der Waals surface area contributed by atoms with E-state index in [0.717, 1.165) is 10.4 Å². The molecule has 0 heterocycles. The van der Waals surface area contributed by atoms with E-state index in [2.05, 4.69) is 0 Å². The van der Waals surface area contributed by atoms with E-state index in [-0.39, 0.29) is 12.1 Å². The van der Waals surface area contributed by atoms with Gasteiger partial charge in [0.2, 0.25) is 10.0 Å². The summed E-state index contributed by atoms with van der Waals surface area (Å²) in [7, 11) is -2.71. The minimum Gasteiger partial charge on any atom is -0.207 e. The van der Waals surface area contributed by atoms with Gasteiger partial charge in [0.15, 0.2) is 0 Å². The molecule has 0 amide bonds. The van der Waals surface area contributed by atoms with E-state index >= 15 is 0 Å². The highest BCUT2D eigenvalue weighted by Gasteiger charge is 2.24. The zero-order valence-corrected chi connectivity index (χ0v) is 11.6. The third kappa shape index (κ3) is 2.86. The Hall–Kier alpha value is -1.79. The van der Waals surface area contributed by atoms with Gasteiger partial charge in [-0.05, 0) is 18.2 Å². The molecule has 2 rings (SSSR count). The van der Waals surface area contributed by atoms with Gasteiger partial charge in [-0.25, -0.2) is 17.2 Å². The molecule has 0 radical (unpaired) electrons. The van der Waals surface area contributed by atoms with Crippen molar-refractivity contribution in [2.24, 2.45) is 0 Å². The van der Waals surface area contributed by atoms with Crippen LogP contribution < -0.4 is 0 Å². The molecule has 2 aromatic rings. The lowest BCUT2D eigenvalue weighted by Gasteiger charge is -2.18. The molecule has 0 aliphatic carbocycles. The molecule has 0 bridgehead atoms. The van der Waals surface area contributed by atoms with E-state index in [4.69, 9.17) is 0 Å². The summed E-state index contributed by atoms with van der Waals surface area (Å²) in [4.78, 5) is -0.418. The number of sulfonamides is 1. The van der Waals surface area contributed by atoms with Crippen molar-refractivity contribution in [3.8, 4) is 0 Å². The summed E-state index contributed by atoms with van der Waals surface area (Å²) < 4.78 is 52.5. The summed E-state index contributed by atoms with van der Waals surface area (Å²) in [5.41, 5.74) is 0.231. The first kappa shape index (κ1) is 14.6. The van der Waals surface area contributed by atoms with Crippen molar-refractivity contribution in [1.82, 2.24) is 4.31 Å². The normalized spacial score (nSPS) is 11.8. The first-order chi connectivity index (χ1) is 9.43. The lowest BCUT2D eigenvalue weighted by atomic mass is 10.2. The van der Waals surface area contributed by atoms with E-state index in [1.54, 1.807) is 6.07 Å². The van der Waals surface area contributed by atoms with E-state index in [9.17, 15) is 17.2 Å². The topological polar surface area (TPSA) is 37.4 Å². The van der Waals surface area contributed by atoms with Gasteiger partial charge in [0.05, 0.1) is 0 Å². The maximum atomic E-state index is 13.6. The van der Waals surface area contributed by atoms with Gasteiger partial charge < -0.3 is 0 Å². The van der Waals surface area contributed by atoms with Crippen LogP contribution >= 0.6 is 0 Å². The fourth-order valence-electron chi connectivity index (χ4n) is 1.77. The molecule has 0 saturated heterocycles. The minimum atomic E-state index is -3.99. The highest BCUT2D eigenvalue weighted by atomic mass is 32.2. The first-order valence-corrected chi connectivity index (χ1v) is 7.31. The van der Waals surface area contributed by atoms with Crippen molar-refractivity contribution in [3.05, 3.63) is 65.7 Å². The summed E-state index contributed by atoms with van der Waals surface area (Å²) in [6.45, 7) is -0.163. The van der Waals surface area contributed by atoms with E-state index in [1.807, 2.05) is 0 Å². The molecule has 0 atom stereocenters. The minimum absolute atomic E-state index is 0.163. The molecule has 20 heavy (non-hydrogen) atoms. The Labute approximate surface area is 116 Å². The average molecular weight is 297 g/mol. The van der Waals surface area contributed by atoms with Crippen LogP contribution in [0.2, 0.25) is 0 Å². The number of nitrogens with zero attached hydrogens (tertiary/aromatic N) is 1. The van der Waals surface area contributed by atoms with Crippen LogP contribution in [0.15, 0.2) is 53.4 Å². The zero-order chi connectivity index (χ0) is 14.8. The number of rotatable bonds is 4. The molecule has 106 valence electrons. The molecule has 0 fully saturated rings. The summed E-state index contributed by atoms with van der Waals surface area (Å²) in [6, 6.07) is 11.0. The van der Waals surface area contributed by atoms with Gasteiger partial charge >= 0.3 is 0 Å². The quantitative estimate of drug-likeness (QED) is 0.870. The predicted octanol–water partition coefficient (Wildman–Crippen LogP) is 2.79. The maximum absolute atomic E-state index is 13.6. The molecule has 0 aliphatic heterocycles. The average Bonchev–Trinajstić information content (AvgIpc) is 2.41. The van der Waals surface area contributed by atoms with Gasteiger partial charge in [0.25, 0.3) is 0 Å². The van der Waals surface area contributed by atoms with Gasteiger partial charge in [0, 0.05) is 19.2 Å². The van der Waals surface area contributed by atoms with Crippen LogP contribution in [-0.2, 0) is 16.6 Å². The third-order valence-electron chi connectivity index (χ3n) is 2.88. The number of benzene rings is 2. The summed E-state index contributed by atoms with van der Waals surface area (Å²) >= 11 is 0. The molecule has 0 aliphatic rings. The van der Waals surface area contributed by atoms with Crippen molar-refractivity contribution in [3.63, 3.8) is 0 Å². The van der Waals surface area contributed by atoms with Crippen LogP contribution in [0.3, 0.4) is 0 Å². The van der Waals surface area contributed by atoms with Crippen LogP contribution in [0.5, 0.6) is 0 Å². The Morgan fingerprint density at radius 3 is 2.10 bits per heavy atom. The van der Waals surface area contributed by atoms with E-state index in [1.165, 1.54) is 43.4 Å². The number of hydrogen-bond donors (Lipinski definition) is 0. The van der Waals surface area contributed by atoms with E-state index < -0.39 is 26.6 Å². The van der Waals surface area contributed by atoms with Gasteiger partial charge in [0.1, 0.15) is 16.5 Å². The third-order valence-corrected chi connectivity index (χ3v) is 4.71. The summed E-state index contributed by atoms with van der Waals surface area (Å²) in [5.74, 6) is -1.32. The van der Waals surface area contributed by atoms with Gasteiger partial charge in [-0.3, -0.25) is 0 Å². The van der Waals surface area contributed by atoms with Crippen molar-refractivity contribution < 1.29 is 17.2 Å².